The third-order valence-electron chi connectivity index (χ3n) is 4.00. The van der Waals surface area contributed by atoms with E-state index in [9.17, 15) is 9.59 Å². The zero-order chi connectivity index (χ0) is 20.5. The molecule has 0 radical (unpaired) electrons. The van der Waals surface area contributed by atoms with Crippen molar-refractivity contribution < 1.29 is 14.3 Å². The van der Waals surface area contributed by atoms with Gasteiger partial charge in [0.2, 0.25) is 0 Å². The molecule has 1 aliphatic rings. The molecule has 3 amide bonds. The number of ether oxygens (including phenoxy) is 1. The Balaban J connectivity index is 1.58. The fourth-order valence-electron chi connectivity index (χ4n) is 2.38. The average Bonchev–Trinajstić information content (AvgIpc) is 3.20. The molecule has 148 valence electrons. The van der Waals surface area contributed by atoms with Crippen molar-refractivity contribution in [2.24, 2.45) is 5.92 Å². The van der Waals surface area contributed by atoms with E-state index >= 15 is 0 Å². The summed E-state index contributed by atoms with van der Waals surface area (Å²) in [4.78, 5) is 24.3. The van der Waals surface area contributed by atoms with Crippen molar-refractivity contribution in [1.29, 1.82) is 0 Å². The maximum absolute atomic E-state index is 12.2. The normalized spacial score (nSPS) is 17.0. The SMILES string of the molecule is O=C(NC(=O)c1c(Cl)cccc1Cl)Nc1ccc(OCC2CC2(Cl)Cl)c(Cl)c1. The van der Waals surface area contributed by atoms with Gasteiger partial charge in [-0.25, -0.2) is 4.79 Å². The lowest BCUT2D eigenvalue weighted by atomic mass is 10.2. The van der Waals surface area contributed by atoms with Crippen LogP contribution in [0.3, 0.4) is 0 Å². The molecule has 1 aliphatic carbocycles. The van der Waals surface area contributed by atoms with Crippen LogP contribution in [0.25, 0.3) is 0 Å². The molecular weight excluding hydrogens is 469 g/mol. The Morgan fingerprint density at radius 3 is 2.29 bits per heavy atom. The van der Waals surface area contributed by atoms with E-state index in [1.807, 2.05) is 0 Å². The standard InChI is InChI=1S/C18H13Cl5N2O3/c19-11-2-1-3-12(20)15(11)16(26)25-17(27)24-10-4-5-14(13(21)6-10)28-8-9-7-18(9,22)23/h1-6,9H,7-8H2,(H2,24,25,26,27). The lowest BCUT2D eigenvalue weighted by Gasteiger charge is -2.11. The number of imide groups is 1. The van der Waals surface area contributed by atoms with Gasteiger partial charge >= 0.3 is 6.03 Å². The fourth-order valence-corrected chi connectivity index (χ4v) is 3.68. The summed E-state index contributed by atoms with van der Waals surface area (Å²) < 4.78 is 4.86. The lowest BCUT2D eigenvalue weighted by molar-refractivity contribution is 0.0967. The molecule has 28 heavy (non-hydrogen) atoms. The predicted molar refractivity (Wildman–Crippen MR) is 112 cm³/mol. The maximum Gasteiger partial charge on any atom is 0.326 e. The maximum atomic E-state index is 12.2. The summed E-state index contributed by atoms with van der Waals surface area (Å²) in [5.74, 6) is -0.241. The molecule has 1 unspecified atom stereocenters. The largest absolute Gasteiger partial charge is 0.492 e. The second kappa shape index (κ2) is 8.56. The van der Waals surface area contributed by atoms with Crippen LogP contribution >= 0.6 is 58.0 Å². The molecular formula is C18H13Cl5N2O3. The van der Waals surface area contributed by atoms with Crippen molar-refractivity contribution in [3.63, 3.8) is 0 Å². The van der Waals surface area contributed by atoms with Crippen LogP contribution in [0.1, 0.15) is 16.8 Å². The van der Waals surface area contributed by atoms with E-state index < -0.39 is 16.3 Å². The van der Waals surface area contributed by atoms with E-state index in [1.165, 1.54) is 18.2 Å². The molecule has 1 saturated carbocycles. The van der Waals surface area contributed by atoms with E-state index in [4.69, 9.17) is 62.7 Å². The molecule has 5 nitrogen and oxygen atoms in total. The second-order valence-electron chi connectivity index (χ2n) is 6.12. The fraction of sp³-hybridized carbons (Fsp3) is 0.222. The quantitative estimate of drug-likeness (QED) is 0.500. The topological polar surface area (TPSA) is 67.4 Å². The molecule has 0 saturated heterocycles. The number of amides is 3. The third kappa shape index (κ3) is 5.16. The van der Waals surface area contributed by atoms with Crippen LogP contribution in [0.2, 0.25) is 15.1 Å². The van der Waals surface area contributed by atoms with E-state index in [0.717, 1.165) is 0 Å². The monoisotopic (exact) mass is 480 g/mol. The number of carbonyl (C=O) groups excluding carboxylic acids is 2. The summed E-state index contributed by atoms with van der Waals surface area (Å²) >= 11 is 30.0. The van der Waals surface area contributed by atoms with Crippen LogP contribution in [0.15, 0.2) is 36.4 Å². The summed E-state index contributed by atoms with van der Waals surface area (Å²) in [6.45, 7) is 0.340. The van der Waals surface area contributed by atoms with E-state index in [1.54, 1.807) is 18.2 Å². The summed E-state index contributed by atoms with van der Waals surface area (Å²) in [5.41, 5.74) is 0.376. The first-order valence-corrected chi connectivity index (χ1v) is 9.93. The Morgan fingerprint density at radius 1 is 1.07 bits per heavy atom. The molecule has 0 bridgehead atoms. The van der Waals surface area contributed by atoms with Gasteiger partial charge in [-0.1, -0.05) is 40.9 Å². The van der Waals surface area contributed by atoms with Crippen molar-refractivity contribution in [2.45, 2.75) is 10.8 Å². The molecule has 0 spiro atoms. The predicted octanol–water partition coefficient (Wildman–Crippen LogP) is 6.18. The Bertz CT molecular complexity index is 915. The first-order valence-electron chi connectivity index (χ1n) is 8.04. The van der Waals surface area contributed by atoms with Gasteiger partial charge in [0, 0.05) is 11.6 Å². The van der Waals surface area contributed by atoms with Gasteiger partial charge < -0.3 is 10.1 Å². The molecule has 2 N–H and O–H groups in total. The highest BCUT2D eigenvalue weighted by Crippen LogP contribution is 2.53. The van der Waals surface area contributed by atoms with Crippen molar-refractivity contribution in [3.05, 3.63) is 57.0 Å². The first kappa shape index (κ1) is 21.3. The minimum absolute atomic E-state index is 0.0116. The first-order chi connectivity index (χ1) is 13.2. The molecule has 2 aromatic carbocycles. The summed E-state index contributed by atoms with van der Waals surface area (Å²) in [5, 5.41) is 5.21. The number of rotatable bonds is 5. The zero-order valence-electron chi connectivity index (χ0n) is 14.1. The molecule has 0 aliphatic heterocycles. The highest BCUT2D eigenvalue weighted by Gasteiger charge is 2.52. The van der Waals surface area contributed by atoms with Crippen molar-refractivity contribution in [1.82, 2.24) is 5.32 Å². The van der Waals surface area contributed by atoms with Crippen LogP contribution < -0.4 is 15.4 Å². The third-order valence-corrected chi connectivity index (χ3v) is 5.85. The van der Waals surface area contributed by atoms with E-state index in [0.29, 0.717) is 24.5 Å². The number of alkyl halides is 2. The number of halogens is 5. The Hall–Kier alpha value is -1.37. The van der Waals surface area contributed by atoms with E-state index in [-0.39, 0.29) is 26.5 Å². The van der Waals surface area contributed by atoms with Crippen LogP contribution in [0.4, 0.5) is 10.5 Å². The van der Waals surface area contributed by atoms with Gasteiger partial charge in [0.15, 0.2) is 0 Å². The van der Waals surface area contributed by atoms with Gasteiger partial charge in [-0.2, -0.15) is 0 Å². The number of hydrogen-bond acceptors (Lipinski definition) is 3. The number of hydrogen-bond donors (Lipinski definition) is 2. The summed E-state index contributed by atoms with van der Waals surface area (Å²) in [7, 11) is 0. The number of urea groups is 1. The van der Waals surface area contributed by atoms with Gasteiger partial charge in [0.1, 0.15) is 10.1 Å². The van der Waals surface area contributed by atoms with Gasteiger partial charge in [-0.05, 0) is 36.8 Å². The van der Waals surface area contributed by atoms with Crippen molar-refractivity contribution >= 4 is 75.6 Å². The minimum atomic E-state index is -0.766. The van der Waals surface area contributed by atoms with Crippen LogP contribution in [0.5, 0.6) is 5.75 Å². The van der Waals surface area contributed by atoms with Crippen LogP contribution in [-0.2, 0) is 0 Å². The van der Waals surface area contributed by atoms with Gasteiger partial charge in [-0.15, -0.1) is 23.2 Å². The van der Waals surface area contributed by atoms with Crippen molar-refractivity contribution in [3.8, 4) is 5.75 Å². The van der Waals surface area contributed by atoms with Gasteiger partial charge in [0.05, 0.1) is 27.2 Å². The van der Waals surface area contributed by atoms with Crippen LogP contribution in [-0.4, -0.2) is 22.9 Å². The summed E-state index contributed by atoms with van der Waals surface area (Å²) in [6.07, 6.45) is 0.664. The van der Waals surface area contributed by atoms with Gasteiger partial charge in [0.25, 0.3) is 5.91 Å². The number of nitrogens with one attached hydrogen (secondary N) is 2. The number of carbonyl (C=O) groups is 2. The van der Waals surface area contributed by atoms with Crippen molar-refractivity contribution in [2.75, 3.05) is 11.9 Å². The smallest absolute Gasteiger partial charge is 0.326 e. The molecule has 1 fully saturated rings. The zero-order valence-corrected chi connectivity index (χ0v) is 17.8. The van der Waals surface area contributed by atoms with E-state index in [2.05, 4.69) is 10.6 Å². The second-order valence-corrected chi connectivity index (χ2v) is 8.89. The molecule has 10 heteroatoms. The molecule has 2 aromatic rings. The Labute approximate surface area is 186 Å². The minimum Gasteiger partial charge on any atom is -0.492 e. The number of benzene rings is 2. The van der Waals surface area contributed by atoms with Crippen LogP contribution in [0, 0.1) is 5.92 Å². The molecule has 1 atom stereocenters. The Kier molecular flexibility index (Phi) is 6.52. The Morgan fingerprint density at radius 2 is 1.71 bits per heavy atom. The highest BCUT2D eigenvalue weighted by molar-refractivity contribution is 6.50. The summed E-state index contributed by atoms with van der Waals surface area (Å²) in [6, 6.07) is 8.49. The highest BCUT2D eigenvalue weighted by atomic mass is 35.5. The average molecular weight is 483 g/mol. The lowest BCUT2D eigenvalue weighted by Crippen LogP contribution is -2.34. The molecule has 0 heterocycles. The van der Waals surface area contributed by atoms with Gasteiger partial charge in [-0.3, -0.25) is 10.1 Å². The molecule has 3 rings (SSSR count). The number of anilines is 1. The molecule has 0 aromatic heterocycles.